The Labute approximate surface area is 187 Å². The fourth-order valence-corrected chi connectivity index (χ4v) is 3.78. The number of hydrogen-bond acceptors (Lipinski definition) is 6. The molecule has 3 rings (SSSR count). The standard InChI is InChI=1S/C21H16Cl2N2O6/c1-11-19(21(27)31-3)16(6-12-4-5-18(30-2)17(7-12)25(28)29)20(26)24(11)15-9-13(22)8-14(23)10-15/h4-10H,1-3H3/b16-6-. The molecule has 0 radical (unpaired) electrons. The van der Waals surface area contributed by atoms with Crippen LogP contribution in [-0.2, 0) is 14.3 Å². The highest BCUT2D eigenvalue weighted by Crippen LogP contribution is 2.38. The maximum absolute atomic E-state index is 13.3. The van der Waals surface area contributed by atoms with Gasteiger partial charge in [0.25, 0.3) is 5.91 Å². The molecule has 160 valence electrons. The molecule has 0 saturated heterocycles. The first kappa shape index (κ1) is 22.3. The van der Waals surface area contributed by atoms with Crippen LogP contribution in [0.25, 0.3) is 6.08 Å². The number of anilines is 1. The van der Waals surface area contributed by atoms with Crippen LogP contribution in [0, 0.1) is 10.1 Å². The van der Waals surface area contributed by atoms with Crippen LogP contribution in [0.3, 0.4) is 0 Å². The van der Waals surface area contributed by atoms with Crippen LogP contribution in [0.15, 0.2) is 53.2 Å². The van der Waals surface area contributed by atoms with Crippen molar-refractivity contribution in [2.75, 3.05) is 19.1 Å². The second kappa shape index (κ2) is 8.79. The first-order valence-corrected chi connectivity index (χ1v) is 9.57. The van der Waals surface area contributed by atoms with Gasteiger partial charge in [-0.1, -0.05) is 29.3 Å². The molecule has 0 saturated carbocycles. The molecule has 1 aliphatic rings. The fourth-order valence-electron chi connectivity index (χ4n) is 3.27. The van der Waals surface area contributed by atoms with Gasteiger partial charge < -0.3 is 9.47 Å². The summed E-state index contributed by atoms with van der Waals surface area (Å²) >= 11 is 12.1. The number of nitrogens with zero attached hydrogens (tertiary/aromatic N) is 2. The van der Waals surface area contributed by atoms with Crippen LogP contribution in [-0.4, -0.2) is 31.0 Å². The van der Waals surface area contributed by atoms with E-state index in [2.05, 4.69) is 0 Å². The van der Waals surface area contributed by atoms with E-state index >= 15 is 0 Å². The lowest BCUT2D eigenvalue weighted by atomic mass is 10.0. The van der Waals surface area contributed by atoms with Crippen molar-refractivity contribution in [2.45, 2.75) is 6.92 Å². The van der Waals surface area contributed by atoms with Crippen molar-refractivity contribution >= 4 is 52.5 Å². The van der Waals surface area contributed by atoms with Crippen LogP contribution in [0.4, 0.5) is 11.4 Å². The molecule has 0 N–H and O–H groups in total. The van der Waals surface area contributed by atoms with Crippen LogP contribution >= 0.6 is 23.2 Å². The summed E-state index contributed by atoms with van der Waals surface area (Å²) in [5.74, 6) is -1.19. The van der Waals surface area contributed by atoms with E-state index < -0.39 is 16.8 Å². The Hall–Kier alpha value is -3.36. The zero-order valence-corrected chi connectivity index (χ0v) is 18.2. The van der Waals surface area contributed by atoms with Crippen LogP contribution in [0.1, 0.15) is 12.5 Å². The Bertz CT molecular complexity index is 1150. The monoisotopic (exact) mass is 462 g/mol. The lowest BCUT2D eigenvalue weighted by molar-refractivity contribution is -0.385. The van der Waals surface area contributed by atoms with Crippen LogP contribution < -0.4 is 9.64 Å². The summed E-state index contributed by atoms with van der Waals surface area (Å²) in [6, 6.07) is 8.78. The molecule has 2 aromatic rings. The third kappa shape index (κ3) is 4.26. The van der Waals surface area contributed by atoms with Gasteiger partial charge in [0.1, 0.15) is 0 Å². The molecule has 0 fully saturated rings. The van der Waals surface area contributed by atoms with Gasteiger partial charge in [0.05, 0.1) is 36.0 Å². The van der Waals surface area contributed by atoms with E-state index in [1.807, 2.05) is 0 Å². The number of ether oxygens (including phenoxy) is 2. The van der Waals surface area contributed by atoms with Gasteiger partial charge in [0, 0.05) is 21.8 Å². The minimum Gasteiger partial charge on any atom is -0.490 e. The van der Waals surface area contributed by atoms with Crippen LogP contribution in [0.5, 0.6) is 5.75 Å². The quantitative estimate of drug-likeness (QED) is 0.274. The number of carbonyl (C=O) groups excluding carboxylic acids is 2. The largest absolute Gasteiger partial charge is 0.490 e. The lowest BCUT2D eigenvalue weighted by Crippen LogP contribution is -2.24. The van der Waals surface area contributed by atoms with Gasteiger partial charge in [-0.15, -0.1) is 0 Å². The lowest BCUT2D eigenvalue weighted by Gasteiger charge is -2.18. The van der Waals surface area contributed by atoms with E-state index in [1.54, 1.807) is 6.92 Å². The molecule has 10 heteroatoms. The molecule has 1 amide bonds. The second-order valence-electron chi connectivity index (χ2n) is 6.47. The van der Waals surface area contributed by atoms with Gasteiger partial charge in [-0.05, 0) is 42.8 Å². The third-order valence-electron chi connectivity index (χ3n) is 4.61. The summed E-state index contributed by atoms with van der Waals surface area (Å²) in [5.41, 5.74) is 0.772. The number of nitro benzene ring substituents is 1. The number of nitro groups is 1. The molecule has 1 heterocycles. The van der Waals surface area contributed by atoms with Crippen molar-refractivity contribution in [3.8, 4) is 5.75 Å². The first-order valence-electron chi connectivity index (χ1n) is 8.82. The molecule has 2 aromatic carbocycles. The van der Waals surface area contributed by atoms with Gasteiger partial charge in [0.15, 0.2) is 5.75 Å². The zero-order chi connectivity index (χ0) is 22.9. The topological polar surface area (TPSA) is 99.0 Å². The van der Waals surface area contributed by atoms with Crippen molar-refractivity contribution in [3.05, 3.63) is 79.0 Å². The highest BCUT2D eigenvalue weighted by atomic mass is 35.5. The number of amides is 1. The maximum atomic E-state index is 13.3. The van der Waals surface area contributed by atoms with Crippen molar-refractivity contribution in [1.82, 2.24) is 0 Å². The molecule has 0 spiro atoms. The predicted molar refractivity (Wildman–Crippen MR) is 116 cm³/mol. The van der Waals surface area contributed by atoms with E-state index in [4.69, 9.17) is 32.7 Å². The summed E-state index contributed by atoms with van der Waals surface area (Å²) < 4.78 is 9.85. The average molecular weight is 463 g/mol. The van der Waals surface area contributed by atoms with Crippen LogP contribution in [0.2, 0.25) is 10.0 Å². The molecule has 0 unspecified atom stereocenters. The normalized spacial score (nSPS) is 14.9. The van der Waals surface area contributed by atoms with Crippen molar-refractivity contribution in [3.63, 3.8) is 0 Å². The van der Waals surface area contributed by atoms with E-state index in [9.17, 15) is 19.7 Å². The summed E-state index contributed by atoms with van der Waals surface area (Å²) in [6.07, 6.45) is 1.39. The molecular weight excluding hydrogens is 447 g/mol. The van der Waals surface area contributed by atoms with Gasteiger partial charge >= 0.3 is 11.7 Å². The number of halogens is 2. The number of methoxy groups -OCH3 is 2. The highest BCUT2D eigenvalue weighted by molar-refractivity contribution is 6.35. The highest BCUT2D eigenvalue weighted by Gasteiger charge is 2.38. The van der Waals surface area contributed by atoms with Gasteiger partial charge in [-0.3, -0.25) is 19.8 Å². The Balaban J connectivity index is 2.18. The summed E-state index contributed by atoms with van der Waals surface area (Å²) in [4.78, 5) is 37.8. The number of carbonyl (C=O) groups is 2. The Morgan fingerprint density at radius 1 is 1.13 bits per heavy atom. The molecule has 0 atom stereocenters. The van der Waals surface area contributed by atoms with Crippen molar-refractivity contribution < 1.29 is 24.0 Å². The molecule has 31 heavy (non-hydrogen) atoms. The number of allylic oxidation sites excluding steroid dienone is 1. The zero-order valence-electron chi connectivity index (χ0n) is 16.6. The number of rotatable bonds is 5. The summed E-state index contributed by atoms with van der Waals surface area (Å²) in [6.45, 7) is 1.58. The summed E-state index contributed by atoms with van der Waals surface area (Å²) in [7, 11) is 2.51. The Kier molecular flexibility index (Phi) is 6.33. The third-order valence-corrected chi connectivity index (χ3v) is 5.04. The van der Waals surface area contributed by atoms with Gasteiger partial charge in [-0.25, -0.2) is 4.79 Å². The molecule has 8 nitrogen and oxygen atoms in total. The smallest absolute Gasteiger partial charge is 0.340 e. The molecular formula is C21H16Cl2N2O6. The maximum Gasteiger partial charge on any atom is 0.340 e. The van der Waals surface area contributed by atoms with Crippen molar-refractivity contribution in [2.24, 2.45) is 0 Å². The fraction of sp³-hybridized carbons (Fsp3) is 0.143. The molecule has 0 bridgehead atoms. The van der Waals surface area contributed by atoms with E-state index in [1.165, 1.54) is 61.6 Å². The second-order valence-corrected chi connectivity index (χ2v) is 7.34. The number of esters is 1. The predicted octanol–water partition coefficient (Wildman–Crippen LogP) is 4.79. The average Bonchev–Trinajstić information content (AvgIpc) is 2.96. The van der Waals surface area contributed by atoms with E-state index in [-0.39, 0.29) is 22.6 Å². The van der Waals surface area contributed by atoms with Gasteiger partial charge in [-0.2, -0.15) is 0 Å². The Morgan fingerprint density at radius 3 is 2.32 bits per heavy atom. The minimum absolute atomic E-state index is 0.0138. The van der Waals surface area contributed by atoms with Crippen molar-refractivity contribution in [1.29, 1.82) is 0 Å². The first-order chi connectivity index (χ1) is 14.7. The van der Waals surface area contributed by atoms with E-state index in [0.717, 1.165) is 0 Å². The SMILES string of the molecule is COC(=O)C1=C(C)N(c2cc(Cl)cc(Cl)c2)C(=O)/C1=C\c1ccc(OC)c([N+](=O)[O-])c1. The number of hydrogen-bond donors (Lipinski definition) is 0. The molecule has 0 aromatic heterocycles. The molecule has 0 aliphatic carbocycles. The summed E-state index contributed by atoms with van der Waals surface area (Å²) in [5, 5.41) is 11.9. The number of benzene rings is 2. The molecule has 1 aliphatic heterocycles. The van der Waals surface area contributed by atoms with E-state index in [0.29, 0.717) is 27.0 Å². The van der Waals surface area contributed by atoms with Gasteiger partial charge in [0.2, 0.25) is 0 Å². The minimum atomic E-state index is -0.726. The Morgan fingerprint density at radius 2 is 1.77 bits per heavy atom.